The quantitative estimate of drug-likeness (QED) is 0.0541. The largest absolute Gasteiger partial charge is 0.481 e. The summed E-state index contributed by atoms with van der Waals surface area (Å²) in [5.74, 6) is -0.827. The van der Waals surface area contributed by atoms with Crippen LogP contribution in [0.25, 0.3) is 0 Å². The summed E-state index contributed by atoms with van der Waals surface area (Å²) in [6.07, 6.45) is 46.3. The molecule has 0 aliphatic rings. The monoisotopic (exact) mass is 582 g/mol. The normalized spacial score (nSPS) is 13.2. The molecule has 0 rings (SSSR count). The van der Waals surface area contributed by atoms with Gasteiger partial charge in [-0.1, -0.05) is 119 Å². The molecule has 0 spiro atoms. The summed E-state index contributed by atoms with van der Waals surface area (Å²) in [5.41, 5.74) is 0. The second-order valence-electron chi connectivity index (χ2n) is 11.0. The smallest absolute Gasteiger partial charge is 0.306 e. The number of allylic oxidation sites excluding steroid dienone is 11. The minimum Gasteiger partial charge on any atom is -0.481 e. The Balaban J connectivity index is 4.33. The third kappa shape index (κ3) is 31.9. The van der Waals surface area contributed by atoms with E-state index in [4.69, 9.17) is 9.84 Å². The second kappa shape index (κ2) is 32.9. The van der Waals surface area contributed by atoms with E-state index < -0.39 is 5.97 Å². The van der Waals surface area contributed by atoms with Crippen LogP contribution in [0.1, 0.15) is 149 Å². The highest BCUT2D eigenvalue weighted by atomic mass is 16.5. The van der Waals surface area contributed by atoms with Crippen LogP contribution in [0.15, 0.2) is 72.9 Å². The summed E-state index contributed by atoms with van der Waals surface area (Å²) in [7, 11) is 0. The van der Waals surface area contributed by atoms with Gasteiger partial charge in [-0.15, -0.1) is 0 Å². The van der Waals surface area contributed by atoms with Gasteiger partial charge in [0.1, 0.15) is 6.10 Å². The fourth-order valence-electron chi connectivity index (χ4n) is 4.42. The molecular weight excluding hydrogens is 520 g/mol. The van der Waals surface area contributed by atoms with Gasteiger partial charge in [-0.25, -0.2) is 0 Å². The lowest BCUT2D eigenvalue weighted by molar-refractivity contribution is -0.147. The van der Waals surface area contributed by atoms with Crippen LogP contribution in [-0.4, -0.2) is 23.1 Å². The fraction of sp³-hybridized carbons (Fsp3) is 0.632. The molecular formula is C38H62O4. The molecule has 0 amide bonds. The number of carboxylic acid groups (broad SMARTS) is 1. The summed E-state index contributed by atoms with van der Waals surface area (Å²) < 4.78 is 5.84. The van der Waals surface area contributed by atoms with E-state index in [0.29, 0.717) is 6.42 Å². The summed E-state index contributed by atoms with van der Waals surface area (Å²) in [5, 5.41) is 8.78. The van der Waals surface area contributed by atoms with Crippen molar-refractivity contribution < 1.29 is 19.4 Å². The molecule has 0 radical (unpaired) electrons. The van der Waals surface area contributed by atoms with Gasteiger partial charge in [0.2, 0.25) is 0 Å². The first-order chi connectivity index (χ1) is 20.6. The Morgan fingerprint density at radius 3 is 1.69 bits per heavy atom. The van der Waals surface area contributed by atoms with Crippen LogP contribution < -0.4 is 0 Å². The molecule has 0 saturated heterocycles. The number of carbonyl (C=O) groups is 2. The molecule has 0 heterocycles. The van der Waals surface area contributed by atoms with Gasteiger partial charge in [0.25, 0.3) is 0 Å². The van der Waals surface area contributed by atoms with Crippen molar-refractivity contribution in [2.45, 2.75) is 155 Å². The maximum absolute atomic E-state index is 12.5. The van der Waals surface area contributed by atoms with Crippen molar-refractivity contribution in [2.75, 3.05) is 0 Å². The van der Waals surface area contributed by atoms with Crippen LogP contribution in [0.2, 0.25) is 0 Å². The van der Waals surface area contributed by atoms with Crippen LogP contribution in [-0.2, 0) is 14.3 Å². The van der Waals surface area contributed by atoms with E-state index in [-0.39, 0.29) is 18.5 Å². The van der Waals surface area contributed by atoms with Gasteiger partial charge < -0.3 is 9.84 Å². The van der Waals surface area contributed by atoms with Crippen LogP contribution in [0.3, 0.4) is 0 Å². The highest BCUT2D eigenvalue weighted by Gasteiger charge is 2.11. The summed E-state index contributed by atoms with van der Waals surface area (Å²) in [6, 6.07) is 0. The van der Waals surface area contributed by atoms with Crippen LogP contribution in [0, 0.1) is 0 Å². The zero-order valence-corrected chi connectivity index (χ0v) is 27.0. The van der Waals surface area contributed by atoms with E-state index in [0.717, 1.165) is 96.3 Å². The number of unbranched alkanes of at least 4 members (excludes halogenated alkanes) is 10. The van der Waals surface area contributed by atoms with Crippen molar-refractivity contribution in [1.82, 2.24) is 0 Å². The van der Waals surface area contributed by atoms with Gasteiger partial charge in [0, 0.05) is 12.8 Å². The lowest BCUT2D eigenvalue weighted by Crippen LogP contribution is -2.16. The number of esters is 1. The number of ether oxygens (including phenoxy) is 1. The zero-order chi connectivity index (χ0) is 30.8. The molecule has 1 unspecified atom stereocenters. The van der Waals surface area contributed by atoms with Gasteiger partial charge in [0.15, 0.2) is 0 Å². The Hall–Kier alpha value is -2.62. The van der Waals surface area contributed by atoms with E-state index in [9.17, 15) is 9.59 Å². The van der Waals surface area contributed by atoms with Gasteiger partial charge in [-0.05, 0) is 89.5 Å². The second-order valence-corrected chi connectivity index (χ2v) is 11.0. The highest BCUT2D eigenvalue weighted by molar-refractivity contribution is 5.69. The van der Waals surface area contributed by atoms with Gasteiger partial charge in [-0.3, -0.25) is 9.59 Å². The Bertz CT molecular complexity index is 800. The Morgan fingerprint density at radius 1 is 0.571 bits per heavy atom. The van der Waals surface area contributed by atoms with E-state index >= 15 is 0 Å². The summed E-state index contributed by atoms with van der Waals surface area (Å²) in [4.78, 5) is 23.2. The molecule has 0 aliphatic heterocycles. The predicted octanol–water partition coefficient (Wildman–Crippen LogP) is 11.6. The lowest BCUT2D eigenvalue weighted by Gasteiger charge is -2.14. The number of hydrogen-bond donors (Lipinski definition) is 1. The molecule has 4 heteroatoms. The van der Waals surface area contributed by atoms with Crippen LogP contribution >= 0.6 is 0 Å². The Kier molecular flexibility index (Phi) is 30.8. The van der Waals surface area contributed by atoms with Crippen molar-refractivity contribution in [2.24, 2.45) is 0 Å². The van der Waals surface area contributed by atoms with E-state index in [2.05, 4.69) is 80.7 Å². The molecule has 0 bridgehead atoms. The third-order valence-corrected chi connectivity index (χ3v) is 6.90. The molecule has 0 aromatic heterocycles. The summed E-state index contributed by atoms with van der Waals surface area (Å²) >= 11 is 0. The SMILES string of the molecule is CC/C=C\C/C=C\C/C=C\CCCCCC(=O)OC(/C=C\C/C=C\C/C=C\CCCCC)CCCCCCCC(=O)O. The van der Waals surface area contributed by atoms with Crippen molar-refractivity contribution in [3.05, 3.63) is 72.9 Å². The first-order valence-corrected chi connectivity index (χ1v) is 16.9. The molecule has 0 saturated carbocycles. The Labute approximate surface area is 258 Å². The minimum atomic E-state index is -0.723. The molecule has 0 aromatic carbocycles. The first kappa shape index (κ1) is 39.4. The van der Waals surface area contributed by atoms with Gasteiger partial charge in [0.05, 0.1) is 0 Å². The van der Waals surface area contributed by atoms with Gasteiger partial charge >= 0.3 is 11.9 Å². The molecule has 0 aromatic rings. The lowest BCUT2D eigenvalue weighted by atomic mass is 10.1. The van der Waals surface area contributed by atoms with E-state index in [1.54, 1.807) is 0 Å². The van der Waals surface area contributed by atoms with Crippen molar-refractivity contribution in [3.8, 4) is 0 Å². The molecule has 42 heavy (non-hydrogen) atoms. The first-order valence-electron chi connectivity index (χ1n) is 16.9. The number of rotatable bonds is 29. The number of aliphatic carboxylic acids is 1. The van der Waals surface area contributed by atoms with Gasteiger partial charge in [-0.2, -0.15) is 0 Å². The standard InChI is InChI=1S/C38H62O4/c1-3-5-7-9-11-13-15-16-18-20-22-27-31-35-38(41)42-36(33-29-25-23-26-30-34-37(39)40)32-28-24-21-19-17-14-12-10-8-6-4-2/h5,7,11-14,16,18-19,21,28,32,36H,3-4,6,8-10,15,17,20,22-27,29-31,33-35H2,1-2H3,(H,39,40)/b7-5-,13-11-,14-12-,18-16-,21-19-,32-28-. The Morgan fingerprint density at radius 2 is 1.07 bits per heavy atom. The zero-order valence-electron chi connectivity index (χ0n) is 27.0. The number of hydrogen-bond acceptors (Lipinski definition) is 3. The predicted molar refractivity (Wildman–Crippen MR) is 181 cm³/mol. The van der Waals surface area contributed by atoms with Crippen molar-refractivity contribution >= 4 is 11.9 Å². The molecule has 1 atom stereocenters. The maximum Gasteiger partial charge on any atom is 0.306 e. The highest BCUT2D eigenvalue weighted by Crippen LogP contribution is 2.14. The van der Waals surface area contributed by atoms with E-state index in [1.165, 1.54) is 25.7 Å². The molecule has 0 fully saturated rings. The summed E-state index contributed by atoms with van der Waals surface area (Å²) in [6.45, 7) is 4.38. The minimum absolute atomic E-state index is 0.104. The van der Waals surface area contributed by atoms with Crippen LogP contribution in [0.5, 0.6) is 0 Å². The van der Waals surface area contributed by atoms with Crippen LogP contribution in [0.4, 0.5) is 0 Å². The molecule has 0 aliphatic carbocycles. The topological polar surface area (TPSA) is 63.6 Å². The molecule has 238 valence electrons. The molecule has 1 N–H and O–H groups in total. The fourth-order valence-corrected chi connectivity index (χ4v) is 4.42. The average Bonchev–Trinajstić information content (AvgIpc) is 2.97. The number of carboxylic acids is 1. The van der Waals surface area contributed by atoms with Crippen molar-refractivity contribution in [3.63, 3.8) is 0 Å². The number of carbonyl (C=O) groups excluding carboxylic acids is 1. The maximum atomic E-state index is 12.5. The third-order valence-electron chi connectivity index (χ3n) is 6.90. The van der Waals surface area contributed by atoms with E-state index in [1.807, 2.05) is 6.08 Å². The van der Waals surface area contributed by atoms with Crippen molar-refractivity contribution in [1.29, 1.82) is 0 Å². The average molecular weight is 583 g/mol. The molecule has 4 nitrogen and oxygen atoms in total.